The van der Waals surface area contributed by atoms with Gasteiger partial charge in [-0.1, -0.05) is 51.9 Å². The van der Waals surface area contributed by atoms with Crippen LogP contribution in [-0.2, 0) is 0 Å². The zero-order valence-corrected chi connectivity index (χ0v) is 11.9. The maximum absolute atomic E-state index is 5.92. The smallest absolute Gasteiger partial charge is 0.0275 e. The lowest BCUT2D eigenvalue weighted by Gasteiger charge is -2.30. The molecule has 2 heteroatoms. The van der Waals surface area contributed by atoms with Gasteiger partial charge in [-0.25, -0.2) is 0 Å². The molecule has 1 saturated carbocycles. The maximum atomic E-state index is 5.92. The number of hydrogen-bond donors (Lipinski definition) is 2. The van der Waals surface area contributed by atoms with Gasteiger partial charge in [0.1, 0.15) is 0 Å². The van der Waals surface area contributed by atoms with Crippen LogP contribution in [0.4, 0.5) is 0 Å². The summed E-state index contributed by atoms with van der Waals surface area (Å²) in [5, 5.41) is 3.68. The Bertz CT molecular complexity index is 189. The standard InChI is InChI=1S/C15H32N2/c1-3-4-5-6-7-11-15(2,13-16)17-12-10-14-8-9-14/h14,17H,3-13,16H2,1-2H3. The summed E-state index contributed by atoms with van der Waals surface area (Å²) < 4.78 is 0. The molecule has 102 valence electrons. The van der Waals surface area contributed by atoms with Crippen LogP contribution in [0.1, 0.15) is 71.6 Å². The molecule has 1 fully saturated rings. The Morgan fingerprint density at radius 3 is 2.47 bits per heavy atom. The lowest BCUT2D eigenvalue weighted by Crippen LogP contribution is -2.49. The summed E-state index contributed by atoms with van der Waals surface area (Å²) in [7, 11) is 0. The summed E-state index contributed by atoms with van der Waals surface area (Å²) >= 11 is 0. The molecule has 3 N–H and O–H groups in total. The molecule has 0 aliphatic heterocycles. The first kappa shape index (κ1) is 15.0. The van der Waals surface area contributed by atoms with E-state index in [1.54, 1.807) is 0 Å². The van der Waals surface area contributed by atoms with E-state index in [0.29, 0.717) is 0 Å². The van der Waals surface area contributed by atoms with Crippen molar-refractivity contribution in [3.8, 4) is 0 Å². The van der Waals surface area contributed by atoms with Crippen molar-refractivity contribution in [2.75, 3.05) is 13.1 Å². The first-order chi connectivity index (χ1) is 8.20. The summed E-state index contributed by atoms with van der Waals surface area (Å²) in [6, 6.07) is 0. The van der Waals surface area contributed by atoms with E-state index >= 15 is 0 Å². The molecule has 1 aliphatic rings. The molecule has 1 aliphatic carbocycles. The summed E-state index contributed by atoms with van der Waals surface area (Å²) in [6.07, 6.45) is 12.3. The highest BCUT2D eigenvalue weighted by atomic mass is 15.0. The minimum Gasteiger partial charge on any atom is -0.329 e. The van der Waals surface area contributed by atoms with Crippen molar-refractivity contribution in [1.29, 1.82) is 0 Å². The highest BCUT2D eigenvalue weighted by Gasteiger charge is 2.24. The molecule has 0 aromatic rings. The third-order valence-corrected chi connectivity index (χ3v) is 4.08. The monoisotopic (exact) mass is 240 g/mol. The van der Waals surface area contributed by atoms with Crippen LogP contribution < -0.4 is 11.1 Å². The SMILES string of the molecule is CCCCCCCC(C)(CN)NCCC1CC1. The fourth-order valence-corrected chi connectivity index (χ4v) is 2.37. The Morgan fingerprint density at radius 1 is 1.18 bits per heavy atom. The van der Waals surface area contributed by atoms with Gasteiger partial charge in [0, 0.05) is 12.1 Å². The lowest BCUT2D eigenvalue weighted by molar-refractivity contribution is 0.322. The number of rotatable bonds is 11. The van der Waals surface area contributed by atoms with Crippen molar-refractivity contribution in [1.82, 2.24) is 5.32 Å². The molecule has 1 atom stereocenters. The van der Waals surface area contributed by atoms with E-state index in [1.807, 2.05) is 0 Å². The van der Waals surface area contributed by atoms with E-state index in [-0.39, 0.29) is 5.54 Å². The molecule has 0 aromatic carbocycles. The number of unbranched alkanes of at least 4 members (excludes halogenated alkanes) is 4. The van der Waals surface area contributed by atoms with E-state index in [4.69, 9.17) is 5.73 Å². The maximum Gasteiger partial charge on any atom is 0.0275 e. The van der Waals surface area contributed by atoms with E-state index < -0.39 is 0 Å². The largest absolute Gasteiger partial charge is 0.329 e. The van der Waals surface area contributed by atoms with E-state index in [9.17, 15) is 0 Å². The normalized spacial score (nSPS) is 19.2. The van der Waals surface area contributed by atoms with Crippen LogP contribution in [0.2, 0.25) is 0 Å². The Labute approximate surface area is 108 Å². The van der Waals surface area contributed by atoms with Crippen LogP contribution in [0, 0.1) is 5.92 Å². The summed E-state index contributed by atoms with van der Waals surface area (Å²) in [4.78, 5) is 0. The van der Waals surface area contributed by atoms with E-state index in [2.05, 4.69) is 19.2 Å². The first-order valence-electron chi connectivity index (χ1n) is 7.65. The Kier molecular flexibility index (Phi) is 7.14. The van der Waals surface area contributed by atoms with E-state index in [0.717, 1.165) is 19.0 Å². The van der Waals surface area contributed by atoms with Gasteiger partial charge in [-0.2, -0.15) is 0 Å². The second-order valence-corrected chi connectivity index (χ2v) is 6.09. The van der Waals surface area contributed by atoms with Gasteiger partial charge in [-0.05, 0) is 32.2 Å². The van der Waals surface area contributed by atoms with Crippen LogP contribution in [-0.4, -0.2) is 18.6 Å². The molecule has 1 unspecified atom stereocenters. The Morgan fingerprint density at radius 2 is 1.88 bits per heavy atom. The molecule has 0 bridgehead atoms. The van der Waals surface area contributed by atoms with Crippen molar-refractivity contribution in [3.63, 3.8) is 0 Å². The highest BCUT2D eigenvalue weighted by molar-refractivity contribution is 4.85. The molecule has 0 heterocycles. The predicted molar refractivity (Wildman–Crippen MR) is 76.2 cm³/mol. The van der Waals surface area contributed by atoms with Crippen molar-refractivity contribution in [3.05, 3.63) is 0 Å². The molecule has 0 amide bonds. The topological polar surface area (TPSA) is 38.0 Å². The fourth-order valence-electron chi connectivity index (χ4n) is 2.37. The van der Waals surface area contributed by atoms with Gasteiger partial charge in [0.2, 0.25) is 0 Å². The minimum absolute atomic E-state index is 0.182. The third kappa shape index (κ3) is 7.05. The summed E-state index contributed by atoms with van der Waals surface area (Å²) in [5.41, 5.74) is 6.10. The van der Waals surface area contributed by atoms with Crippen molar-refractivity contribution in [2.24, 2.45) is 11.7 Å². The molecular formula is C15H32N2. The van der Waals surface area contributed by atoms with Gasteiger partial charge in [-0.3, -0.25) is 0 Å². The lowest BCUT2D eigenvalue weighted by atomic mass is 9.93. The molecular weight excluding hydrogens is 208 g/mol. The van der Waals surface area contributed by atoms with Crippen LogP contribution in [0.25, 0.3) is 0 Å². The summed E-state index contributed by atoms with van der Waals surface area (Å²) in [5.74, 6) is 1.02. The Hall–Kier alpha value is -0.0800. The second kappa shape index (κ2) is 8.10. The molecule has 1 rings (SSSR count). The summed E-state index contributed by atoms with van der Waals surface area (Å²) in [6.45, 7) is 6.49. The number of nitrogens with two attached hydrogens (primary N) is 1. The molecule has 0 saturated heterocycles. The zero-order chi connectivity index (χ0) is 12.6. The Balaban J connectivity index is 2.05. The van der Waals surface area contributed by atoms with Crippen molar-refractivity contribution < 1.29 is 0 Å². The van der Waals surface area contributed by atoms with Gasteiger partial charge in [0.25, 0.3) is 0 Å². The third-order valence-electron chi connectivity index (χ3n) is 4.08. The minimum atomic E-state index is 0.182. The second-order valence-electron chi connectivity index (χ2n) is 6.09. The average molecular weight is 240 g/mol. The van der Waals surface area contributed by atoms with Crippen molar-refractivity contribution in [2.45, 2.75) is 77.2 Å². The van der Waals surface area contributed by atoms with E-state index in [1.165, 1.54) is 57.8 Å². The van der Waals surface area contributed by atoms with Gasteiger partial charge in [0.15, 0.2) is 0 Å². The highest BCUT2D eigenvalue weighted by Crippen LogP contribution is 2.32. The van der Waals surface area contributed by atoms with Crippen molar-refractivity contribution >= 4 is 0 Å². The van der Waals surface area contributed by atoms with Gasteiger partial charge in [-0.15, -0.1) is 0 Å². The zero-order valence-electron chi connectivity index (χ0n) is 11.9. The van der Waals surface area contributed by atoms with Crippen LogP contribution in [0.15, 0.2) is 0 Å². The van der Waals surface area contributed by atoms with Crippen LogP contribution in [0.3, 0.4) is 0 Å². The quantitative estimate of drug-likeness (QED) is 0.543. The molecule has 0 radical (unpaired) electrons. The van der Waals surface area contributed by atoms with Gasteiger partial charge in [0.05, 0.1) is 0 Å². The average Bonchev–Trinajstić information content (AvgIpc) is 3.13. The molecule has 2 nitrogen and oxygen atoms in total. The number of nitrogens with one attached hydrogen (secondary N) is 1. The molecule has 17 heavy (non-hydrogen) atoms. The fraction of sp³-hybridized carbons (Fsp3) is 1.00. The van der Waals surface area contributed by atoms with Gasteiger partial charge < -0.3 is 11.1 Å². The molecule has 0 aromatic heterocycles. The molecule has 0 spiro atoms. The first-order valence-corrected chi connectivity index (χ1v) is 7.65. The predicted octanol–water partition coefficient (Wildman–Crippen LogP) is 3.45. The van der Waals surface area contributed by atoms with Gasteiger partial charge >= 0.3 is 0 Å². The van der Waals surface area contributed by atoms with Crippen LogP contribution >= 0.6 is 0 Å². The number of hydrogen-bond acceptors (Lipinski definition) is 2. The van der Waals surface area contributed by atoms with Crippen LogP contribution in [0.5, 0.6) is 0 Å².